The summed E-state index contributed by atoms with van der Waals surface area (Å²) in [5, 5.41) is 2.97. The van der Waals surface area contributed by atoms with Crippen LogP contribution in [0, 0.1) is 12.8 Å². The molecule has 1 aromatic carbocycles. The second-order valence-electron chi connectivity index (χ2n) is 6.34. The van der Waals surface area contributed by atoms with Crippen molar-refractivity contribution in [2.45, 2.75) is 32.6 Å². The van der Waals surface area contributed by atoms with E-state index in [2.05, 4.69) is 21.2 Å². The van der Waals surface area contributed by atoms with E-state index in [1.807, 2.05) is 30.0 Å². The third kappa shape index (κ3) is 6.28. The van der Waals surface area contributed by atoms with Crippen LogP contribution in [0.1, 0.15) is 41.6 Å². The monoisotopic (exact) mass is 431 g/mol. The van der Waals surface area contributed by atoms with E-state index < -0.39 is 0 Å². The average Bonchev–Trinajstić information content (AvgIpc) is 2.58. The van der Waals surface area contributed by atoms with Gasteiger partial charge in [-0.05, 0) is 62.9 Å². The molecule has 3 N–H and O–H groups in total. The number of halogens is 2. The number of nitrogens with one attached hydrogen (secondary N) is 1. The Hall–Kier alpha value is -1.11. The number of hydrogen-bond donors (Lipinski definition) is 2. The number of amides is 2. The van der Waals surface area contributed by atoms with Crippen LogP contribution in [0.2, 0.25) is 0 Å². The van der Waals surface area contributed by atoms with Gasteiger partial charge in [0, 0.05) is 29.7 Å². The van der Waals surface area contributed by atoms with Crippen molar-refractivity contribution in [3.63, 3.8) is 0 Å². The Morgan fingerprint density at radius 3 is 2.80 bits per heavy atom. The Morgan fingerprint density at radius 1 is 1.36 bits per heavy atom. The van der Waals surface area contributed by atoms with Gasteiger partial charge in [0.15, 0.2) is 0 Å². The molecule has 0 radical (unpaired) electrons. The van der Waals surface area contributed by atoms with Crippen molar-refractivity contribution in [2.24, 2.45) is 11.7 Å². The molecule has 1 saturated heterocycles. The minimum absolute atomic E-state index is 0. The van der Waals surface area contributed by atoms with E-state index in [-0.39, 0.29) is 30.1 Å². The maximum Gasteiger partial charge on any atom is 0.254 e. The Labute approximate surface area is 164 Å². The van der Waals surface area contributed by atoms with E-state index in [4.69, 9.17) is 5.73 Å². The van der Waals surface area contributed by atoms with Crippen molar-refractivity contribution in [3.05, 3.63) is 33.8 Å². The standard InChI is InChI=1S/C18H26BrN3O2.ClH/c1-13-11-15(19)6-7-16(13)18(24)22-10-4-5-14(12-22)17(23)21-9-3-2-8-20;/h6-7,11,14H,2-5,8-10,12,20H2,1H3,(H,21,23);1H. The molecule has 0 aromatic heterocycles. The van der Waals surface area contributed by atoms with Crippen molar-refractivity contribution in [1.29, 1.82) is 0 Å². The fourth-order valence-corrected chi connectivity index (χ4v) is 3.51. The summed E-state index contributed by atoms with van der Waals surface area (Å²) in [5.74, 6) is -0.0472. The van der Waals surface area contributed by atoms with Gasteiger partial charge >= 0.3 is 0 Å². The number of carbonyl (C=O) groups is 2. The molecule has 2 amide bonds. The van der Waals surface area contributed by atoms with Gasteiger partial charge < -0.3 is 16.0 Å². The van der Waals surface area contributed by atoms with Gasteiger partial charge in [-0.15, -0.1) is 12.4 Å². The highest BCUT2D eigenvalue weighted by Gasteiger charge is 2.29. The summed E-state index contributed by atoms with van der Waals surface area (Å²) in [7, 11) is 0. The van der Waals surface area contributed by atoms with E-state index in [0.29, 0.717) is 31.7 Å². The first-order chi connectivity index (χ1) is 11.5. The molecular weight excluding hydrogens is 406 g/mol. The molecule has 1 aromatic rings. The minimum atomic E-state index is -0.115. The molecule has 0 bridgehead atoms. The highest BCUT2D eigenvalue weighted by Crippen LogP contribution is 2.22. The van der Waals surface area contributed by atoms with Crippen LogP contribution in [0.5, 0.6) is 0 Å². The summed E-state index contributed by atoms with van der Waals surface area (Å²) in [6.45, 7) is 4.45. The third-order valence-electron chi connectivity index (χ3n) is 4.43. The first-order valence-electron chi connectivity index (χ1n) is 8.56. The van der Waals surface area contributed by atoms with Crippen LogP contribution in [-0.4, -0.2) is 42.9 Å². The molecule has 7 heteroatoms. The van der Waals surface area contributed by atoms with E-state index >= 15 is 0 Å². The van der Waals surface area contributed by atoms with Gasteiger partial charge in [-0.3, -0.25) is 9.59 Å². The number of likely N-dealkylation sites (tertiary alicyclic amines) is 1. The van der Waals surface area contributed by atoms with Crippen LogP contribution in [0.25, 0.3) is 0 Å². The molecule has 0 saturated carbocycles. The summed E-state index contributed by atoms with van der Waals surface area (Å²) >= 11 is 3.42. The molecule has 1 aliphatic heterocycles. The highest BCUT2D eigenvalue weighted by molar-refractivity contribution is 9.10. The molecule has 0 spiro atoms. The molecule has 0 aliphatic carbocycles. The zero-order valence-electron chi connectivity index (χ0n) is 14.6. The average molecular weight is 433 g/mol. The summed E-state index contributed by atoms with van der Waals surface area (Å²) in [6, 6.07) is 5.67. The topological polar surface area (TPSA) is 75.4 Å². The van der Waals surface area contributed by atoms with Gasteiger partial charge in [0.25, 0.3) is 5.91 Å². The SMILES string of the molecule is Cc1cc(Br)ccc1C(=O)N1CCCC(C(=O)NCCCCN)C1.Cl. The molecule has 1 fully saturated rings. The maximum absolute atomic E-state index is 12.8. The van der Waals surface area contributed by atoms with Gasteiger partial charge in [-0.2, -0.15) is 0 Å². The number of nitrogens with two attached hydrogens (primary N) is 1. The summed E-state index contributed by atoms with van der Waals surface area (Å²) in [6.07, 6.45) is 3.52. The molecule has 25 heavy (non-hydrogen) atoms. The molecule has 140 valence electrons. The van der Waals surface area contributed by atoms with Gasteiger partial charge in [0.2, 0.25) is 5.91 Å². The van der Waals surface area contributed by atoms with Crippen LogP contribution in [0.3, 0.4) is 0 Å². The van der Waals surface area contributed by atoms with E-state index in [0.717, 1.165) is 35.7 Å². The number of aryl methyl sites for hydroxylation is 1. The number of carbonyl (C=O) groups excluding carboxylic acids is 2. The first-order valence-corrected chi connectivity index (χ1v) is 9.35. The molecule has 5 nitrogen and oxygen atoms in total. The van der Waals surface area contributed by atoms with Crippen LogP contribution in [0.15, 0.2) is 22.7 Å². The molecule has 1 aliphatic rings. The van der Waals surface area contributed by atoms with Crippen molar-refractivity contribution in [2.75, 3.05) is 26.2 Å². The van der Waals surface area contributed by atoms with E-state index in [1.165, 1.54) is 0 Å². The number of unbranched alkanes of at least 4 members (excludes halogenated alkanes) is 1. The lowest BCUT2D eigenvalue weighted by atomic mass is 9.96. The molecule has 2 rings (SSSR count). The van der Waals surface area contributed by atoms with Gasteiger partial charge in [0.1, 0.15) is 0 Å². The smallest absolute Gasteiger partial charge is 0.254 e. The maximum atomic E-state index is 12.8. The molecule has 1 atom stereocenters. The van der Waals surface area contributed by atoms with E-state index in [9.17, 15) is 9.59 Å². The predicted octanol–water partition coefficient (Wildman–Crippen LogP) is 2.89. The molecular formula is C18H27BrClN3O2. The Balaban J connectivity index is 0.00000312. The zero-order valence-corrected chi connectivity index (χ0v) is 17.0. The number of nitrogens with zero attached hydrogens (tertiary/aromatic N) is 1. The van der Waals surface area contributed by atoms with Crippen molar-refractivity contribution >= 4 is 40.2 Å². The summed E-state index contributed by atoms with van der Waals surface area (Å²) in [5.41, 5.74) is 7.11. The Kier molecular flexibility index (Phi) is 9.46. The number of hydrogen-bond acceptors (Lipinski definition) is 3. The van der Waals surface area contributed by atoms with Crippen LogP contribution < -0.4 is 11.1 Å². The third-order valence-corrected chi connectivity index (χ3v) is 4.92. The summed E-state index contributed by atoms with van der Waals surface area (Å²) < 4.78 is 0.963. The van der Waals surface area contributed by atoms with Crippen molar-refractivity contribution in [1.82, 2.24) is 10.2 Å². The second kappa shape index (κ2) is 10.8. The largest absolute Gasteiger partial charge is 0.356 e. The Morgan fingerprint density at radius 2 is 2.12 bits per heavy atom. The van der Waals surface area contributed by atoms with Gasteiger partial charge in [-0.1, -0.05) is 15.9 Å². The van der Waals surface area contributed by atoms with Crippen LogP contribution in [-0.2, 0) is 4.79 Å². The molecule has 1 heterocycles. The fraction of sp³-hybridized carbons (Fsp3) is 0.556. The predicted molar refractivity (Wildman–Crippen MR) is 106 cm³/mol. The van der Waals surface area contributed by atoms with Crippen molar-refractivity contribution in [3.8, 4) is 0 Å². The summed E-state index contributed by atoms with van der Waals surface area (Å²) in [4.78, 5) is 26.9. The normalized spacial score (nSPS) is 16.9. The Bertz CT molecular complexity index is 598. The number of rotatable bonds is 6. The number of piperidine rings is 1. The first kappa shape index (κ1) is 21.9. The van der Waals surface area contributed by atoms with Crippen LogP contribution in [0.4, 0.5) is 0 Å². The minimum Gasteiger partial charge on any atom is -0.356 e. The van der Waals surface area contributed by atoms with Crippen molar-refractivity contribution < 1.29 is 9.59 Å². The van der Waals surface area contributed by atoms with Gasteiger partial charge in [-0.25, -0.2) is 0 Å². The van der Waals surface area contributed by atoms with Crippen LogP contribution >= 0.6 is 28.3 Å². The highest BCUT2D eigenvalue weighted by atomic mass is 79.9. The lowest BCUT2D eigenvalue weighted by Gasteiger charge is -2.32. The lowest BCUT2D eigenvalue weighted by molar-refractivity contribution is -0.126. The lowest BCUT2D eigenvalue weighted by Crippen LogP contribution is -2.45. The number of benzene rings is 1. The quantitative estimate of drug-likeness (QED) is 0.679. The zero-order chi connectivity index (χ0) is 17.5. The fourth-order valence-electron chi connectivity index (χ4n) is 3.04. The van der Waals surface area contributed by atoms with E-state index in [1.54, 1.807) is 0 Å². The van der Waals surface area contributed by atoms with Gasteiger partial charge in [0.05, 0.1) is 5.92 Å². The second-order valence-corrected chi connectivity index (χ2v) is 7.25. The molecule has 1 unspecified atom stereocenters.